The van der Waals surface area contributed by atoms with E-state index < -0.39 is 17.6 Å². The van der Waals surface area contributed by atoms with Crippen molar-refractivity contribution in [3.8, 4) is 0 Å². The minimum absolute atomic E-state index is 0.0715. The van der Waals surface area contributed by atoms with Gasteiger partial charge in [-0.05, 0) is 25.1 Å². The van der Waals surface area contributed by atoms with Crippen molar-refractivity contribution in [2.24, 2.45) is 0 Å². The number of benzene rings is 1. The lowest BCUT2D eigenvalue weighted by atomic mass is 10.2. The SMILES string of the molecule is CCOCC(=O)Nc1ccc(Br)c(C(F)(F)F)c1. The molecule has 0 heterocycles. The summed E-state index contributed by atoms with van der Waals surface area (Å²) in [4.78, 5) is 11.3. The Bertz CT molecular complexity index is 435. The number of hydrogen-bond acceptors (Lipinski definition) is 2. The molecule has 0 saturated carbocycles. The number of ether oxygens (including phenoxy) is 1. The van der Waals surface area contributed by atoms with E-state index in [1.54, 1.807) is 6.92 Å². The van der Waals surface area contributed by atoms with Crippen molar-refractivity contribution < 1.29 is 22.7 Å². The smallest absolute Gasteiger partial charge is 0.372 e. The molecule has 1 aromatic rings. The van der Waals surface area contributed by atoms with Crippen LogP contribution in [0.2, 0.25) is 0 Å². The molecule has 0 aromatic heterocycles. The number of carbonyl (C=O) groups is 1. The van der Waals surface area contributed by atoms with Gasteiger partial charge in [-0.3, -0.25) is 4.79 Å². The van der Waals surface area contributed by atoms with Gasteiger partial charge in [-0.2, -0.15) is 13.2 Å². The number of halogens is 4. The minimum atomic E-state index is -4.47. The molecule has 1 aromatic carbocycles. The van der Waals surface area contributed by atoms with Crippen LogP contribution in [0.5, 0.6) is 0 Å². The average molecular weight is 326 g/mol. The van der Waals surface area contributed by atoms with Crippen molar-refractivity contribution in [2.45, 2.75) is 13.1 Å². The molecule has 0 aliphatic rings. The van der Waals surface area contributed by atoms with Crippen LogP contribution < -0.4 is 5.32 Å². The fourth-order valence-electron chi connectivity index (χ4n) is 1.21. The van der Waals surface area contributed by atoms with E-state index in [4.69, 9.17) is 4.74 Å². The predicted octanol–water partition coefficient (Wildman–Crippen LogP) is 3.44. The van der Waals surface area contributed by atoms with E-state index in [0.29, 0.717) is 6.61 Å². The molecule has 0 fully saturated rings. The second-order valence-corrected chi connectivity index (χ2v) is 4.23. The Labute approximate surface area is 110 Å². The lowest BCUT2D eigenvalue weighted by Gasteiger charge is -2.11. The molecule has 1 rings (SSSR count). The van der Waals surface area contributed by atoms with Gasteiger partial charge < -0.3 is 10.1 Å². The molecule has 100 valence electrons. The Morgan fingerprint density at radius 2 is 2.11 bits per heavy atom. The Kier molecular flexibility index (Phi) is 5.15. The third-order valence-electron chi connectivity index (χ3n) is 1.99. The molecule has 0 saturated heterocycles. The second-order valence-electron chi connectivity index (χ2n) is 3.38. The molecule has 3 nitrogen and oxygen atoms in total. The van der Waals surface area contributed by atoms with Gasteiger partial charge in [0.25, 0.3) is 0 Å². The molecule has 0 atom stereocenters. The highest BCUT2D eigenvalue weighted by atomic mass is 79.9. The number of hydrogen-bond donors (Lipinski definition) is 1. The quantitative estimate of drug-likeness (QED) is 0.920. The zero-order chi connectivity index (χ0) is 13.8. The van der Waals surface area contributed by atoms with E-state index in [2.05, 4.69) is 21.2 Å². The Hall–Kier alpha value is -1.08. The Balaban J connectivity index is 2.83. The van der Waals surface area contributed by atoms with Crippen LogP contribution in [0.3, 0.4) is 0 Å². The highest BCUT2D eigenvalue weighted by Crippen LogP contribution is 2.36. The van der Waals surface area contributed by atoms with Crippen LogP contribution in [0.4, 0.5) is 18.9 Å². The Morgan fingerprint density at radius 1 is 1.44 bits per heavy atom. The summed E-state index contributed by atoms with van der Waals surface area (Å²) in [6.07, 6.45) is -4.47. The third-order valence-corrected chi connectivity index (χ3v) is 2.68. The van der Waals surface area contributed by atoms with Crippen LogP contribution in [-0.4, -0.2) is 19.1 Å². The van der Waals surface area contributed by atoms with Crippen molar-refractivity contribution in [1.82, 2.24) is 0 Å². The predicted molar refractivity (Wildman–Crippen MR) is 64.3 cm³/mol. The van der Waals surface area contributed by atoms with Crippen LogP contribution in [0, 0.1) is 0 Å². The zero-order valence-electron chi connectivity index (χ0n) is 9.47. The first-order chi connectivity index (χ1) is 8.34. The van der Waals surface area contributed by atoms with Gasteiger partial charge in [0.15, 0.2) is 0 Å². The van der Waals surface area contributed by atoms with Gasteiger partial charge in [-0.15, -0.1) is 0 Å². The van der Waals surface area contributed by atoms with E-state index in [0.717, 1.165) is 6.07 Å². The molecule has 0 aliphatic heterocycles. The highest BCUT2D eigenvalue weighted by Gasteiger charge is 2.33. The summed E-state index contributed by atoms with van der Waals surface area (Å²) in [6.45, 7) is 1.89. The first kappa shape index (κ1) is 15.0. The minimum Gasteiger partial charge on any atom is -0.372 e. The number of anilines is 1. The van der Waals surface area contributed by atoms with Crippen molar-refractivity contribution in [3.63, 3.8) is 0 Å². The summed E-state index contributed by atoms with van der Waals surface area (Å²) in [5.74, 6) is -0.493. The van der Waals surface area contributed by atoms with E-state index in [1.807, 2.05) is 0 Å². The fourth-order valence-corrected chi connectivity index (χ4v) is 1.68. The summed E-state index contributed by atoms with van der Waals surface area (Å²) in [5.41, 5.74) is -0.757. The van der Waals surface area contributed by atoms with Gasteiger partial charge in [-0.25, -0.2) is 0 Å². The number of amides is 1. The summed E-state index contributed by atoms with van der Waals surface area (Å²) in [6, 6.07) is 3.48. The maximum atomic E-state index is 12.6. The van der Waals surface area contributed by atoms with Crippen molar-refractivity contribution in [3.05, 3.63) is 28.2 Å². The second kappa shape index (κ2) is 6.19. The first-order valence-corrected chi connectivity index (χ1v) is 5.88. The van der Waals surface area contributed by atoms with Crippen LogP contribution in [0.25, 0.3) is 0 Å². The molecule has 1 amide bonds. The molecular formula is C11H11BrF3NO2. The maximum absolute atomic E-state index is 12.6. The summed E-state index contributed by atoms with van der Waals surface area (Å²) < 4.78 is 42.6. The van der Waals surface area contributed by atoms with Gasteiger partial charge in [0.2, 0.25) is 5.91 Å². The number of nitrogens with one attached hydrogen (secondary N) is 1. The largest absolute Gasteiger partial charge is 0.417 e. The fraction of sp³-hybridized carbons (Fsp3) is 0.364. The van der Waals surface area contributed by atoms with Gasteiger partial charge in [-0.1, -0.05) is 15.9 Å². The van der Waals surface area contributed by atoms with Crippen LogP contribution in [0.15, 0.2) is 22.7 Å². The van der Waals surface area contributed by atoms with Crippen molar-refractivity contribution in [2.75, 3.05) is 18.5 Å². The van der Waals surface area contributed by atoms with Crippen LogP contribution in [-0.2, 0) is 15.7 Å². The van der Waals surface area contributed by atoms with Crippen LogP contribution >= 0.6 is 15.9 Å². The standard InChI is InChI=1S/C11H11BrF3NO2/c1-2-18-6-10(17)16-7-3-4-9(12)8(5-7)11(13,14)15/h3-5H,2,6H2,1H3,(H,16,17). The Morgan fingerprint density at radius 3 is 2.67 bits per heavy atom. The molecule has 0 bridgehead atoms. The molecule has 7 heteroatoms. The average Bonchev–Trinajstić information content (AvgIpc) is 2.27. The van der Waals surface area contributed by atoms with Crippen molar-refractivity contribution >= 4 is 27.5 Å². The third kappa shape index (κ3) is 4.30. The maximum Gasteiger partial charge on any atom is 0.417 e. The normalized spacial score (nSPS) is 11.4. The zero-order valence-corrected chi connectivity index (χ0v) is 11.1. The lowest BCUT2D eigenvalue weighted by molar-refractivity contribution is -0.138. The molecule has 0 radical (unpaired) electrons. The summed E-state index contributed by atoms with van der Waals surface area (Å²) >= 11 is 2.82. The summed E-state index contributed by atoms with van der Waals surface area (Å²) in [7, 11) is 0. The molecule has 1 N–H and O–H groups in total. The van der Waals surface area contributed by atoms with E-state index in [-0.39, 0.29) is 16.8 Å². The molecular weight excluding hydrogens is 315 g/mol. The number of carbonyl (C=O) groups excluding carboxylic acids is 1. The first-order valence-electron chi connectivity index (χ1n) is 5.09. The molecule has 18 heavy (non-hydrogen) atoms. The van der Waals surface area contributed by atoms with Gasteiger partial charge in [0.05, 0.1) is 5.56 Å². The summed E-state index contributed by atoms with van der Waals surface area (Å²) in [5, 5.41) is 2.33. The lowest BCUT2D eigenvalue weighted by Crippen LogP contribution is -2.18. The van der Waals surface area contributed by atoms with Gasteiger partial charge in [0, 0.05) is 16.8 Å². The van der Waals surface area contributed by atoms with Gasteiger partial charge in [0.1, 0.15) is 6.61 Å². The van der Waals surface area contributed by atoms with Crippen molar-refractivity contribution in [1.29, 1.82) is 0 Å². The monoisotopic (exact) mass is 325 g/mol. The number of alkyl halides is 3. The topological polar surface area (TPSA) is 38.3 Å². The van der Waals surface area contributed by atoms with E-state index in [9.17, 15) is 18.0 Å². The van der Waals surface area contributed by atoms with Crippen LogP contribution in [0.1, 0.15) is 12.5 Å². The molecule has 0 unspecified atom stereocenters. The van der Waals surface area contributed by atoms with Gasteiger partial charge >= 0.3 is 6.18 Å². The van der Waals surface area contributed by atoms with E-state index in [1.165, 1.54) is 12.1 Å². The highest BCUT2D eigenvalue weighted by molar-refractivity contribution is 9.10. The van der Waals surface area contributed by atoms with E-state index >= 15 is 0 Å². The molecule has 0 aliphatic carbocycles. The molecule has 0 spiro atoms. The number of rotatable bonds is 4.